The van der Waals surface area contributed by atoms with Crippen LogP contribution in [0.4, 0.5) is 0 Å². The summed E-state index contributed by atoms with van der Waals surface area (Å²) < 4.78 is 0. The van der Waals surface area contributed by atoms with Gasteiger partial charge in [0.1, 0.15) is 0 Å². The van der Waals surface area contributed by atoms with Gasteiger partial charge >= 0.3 is 0 Å². The third-order valence-electron chi connectivity index (χ3n) is 2.94. The molecule has 0 aromatic carbocycles. The Kier molecular flexibility index (Phi) is 4.32. The molecule has 1 saturated heterocycles. The van der Waals surface area contributed by atoms with Gasteiger partial charge in [-0.1, -0.05) is 0 Å². The maximum Gasteiger partial charge on any atom is 0.0941 e. The van der Waals surface area contributed by atoms with Crippen LogP contribution in [-0.2, 0) is 12.8 Å². The lowest BCUT2D eigenvalue weighted by Crippen LogP contribution is -2.21. The molecular weight excluding hydrogens is 220 g/mol. The third kappa shape index (κ3) is 3.54. The van der Waals surface area contributed by atoms with Crippen molar-refractivity contribution in [3.05, 3.63) is 16.1 Å². The Bertz CT molecular complexity index is 319. The molecule has 0 radical (unpaired) electrons. The molecule has 1 atom stereocenters. The summed E-state index contributed by atoms with van der Waals surface area (Å²) in [7, 11) is 0. The fraction of sp³-hybridized carbons (Fsp3) is 0.750. The number of hydrogen-bond acceptors (Lipinski definition) is 4. The highest BCUT2D eigenvalue weighted by Crippen LogP contribution is 2.14. The average Bonchev–Trinajstić information content (AvgIpc) is 2.84. The summed E-state index contributed by atoms with van der Waals surface area (Å²) in [6.07, 6.45) is 4.16. The van der Waals surface area contributed by atoms with Crippen LogP contribution < -0.4 is 0 Å². The van der Waals surface area contributed by atoms with E-state index >= 15 is 0 Å². The molecule has 16 heavy (non-hydrogen) atoms. The van der Waals surface area contributed by atoms with Crippen LogP contribution in [-0.4, -0.2) is 40.7 Å². The fourth-order valence-corrected chi connectivity index (χ4v) is 2.92. The number of hydrogen-bond donors (Lipinski definition) is 1. The van der Waals surface area contributed by atoms with Gasteiger partial charge in [0.25, 0.3) is 0 Å². The van der Waals surface area contributed by atoms with E-state index in [1.807, 2.05) is 6.92 Å². The van der Waals surface area contributed by atoms with E-state index in [2.05, 4.69) is 15.3 Å². The standard InChI is InChI=1S/C12H20N2OS/c1-10(15)8-11-9-16-12(13-11)4-7-14-5-2-3-6-14/h9-10,15H,2-8H2,1H3. The number of thiazole rings is 1. The van der Waals surface area contributed by atoms with Crippen molar-refractivity contribution in [1.82, 2.24) is 9.88 Å². The van der Waals surface area contributed by atoms with E-state index in [0.717, 1.165) is 18.7 Å². The van der Waals surface area contributed by atoms with Crippen molar-refractivity contribution in [3.8, 4) is 0 Å². The number of aliphatic hydroxyl groups excluding tert-OH is 1. The predicted molar refractivity (Wildman–Crippen MR) is 66.9 cm³/mol. The lowest BCUT2D eigenvalue weighted by molar-refractivity contribution is 0.194. The molecule has 0 saturated carbocycles. The average molecular weight is 240 g/mol. The van der Waals surface area contributed by atoms with Gasteiger partial charge in [0, 0.05) is 24.8 Å². The molecule has 0 amide bonds. The molecule has 1 fully saturated rings. The number of rotatable bonds is 5. The molecule has 2 heterocycles. The summed E-state index contributed by atoms with van der Waals surface area (Å²) in [6.45, 7) is 5.46. The Labute approximate surface area is 101 Å². The highest BCUT2D eigenvalue weighted by Gasteiger charge is 2.12. The zero-order valence-electron chi connectivity index (χ0n) is 9.85. The van der Waals surface area contributed by atoms with E-state index in [4.69, 9.17) is 0 Å². The van der Waals surface area contributed by atoms with E-state index in [-0.39, 0.29) is 6.10 Å². The predicted octanol–water partition coefficient (Wildman–Crippen LogP) is 1.70. The van der Waals surface area contributed by atoms with E-state index in [0.29, 0.717) is 6.42 Å². The second-order valence-electron chi connectivity index (χ2n) is 4.58. The second-order valence-corrected chi connectivity index (χ2v) is 5.53. The van der Waals surface area contributed by atoms with E-state index < -0.39 is 0 Å². The van der Waals surface area contributed by atoms with Crippen molar-refractivity contribution in [2.75, 3.05) is 19.6 Å². The molecule has 2 rings (SSSR count). The molecule has 1 N–H and O–H groups in total. The zero-order chi connectivity index (χ0) is 11.4. The van der Waals surface area contributed by atoms with Crippen LogP contribution in [0.2, 0.25) is 0 Å². The highest BCUT2D eigenvalue weighted by molar-refractivity contribution is 7.09. The Balaban J connectivity index is 1.78. The van der Waals surface area contributed by atoms with Crippen LogP contribution in [0.5, 0.6) is 0 Å². The number of aromatic nitrogens is 1. The normalized spacial score (nSPS) is 19.1. The summed E-state index contributed by atoms with van der Waals surface area (Å²) in [5, 5.41) is 12.6. The maximum atomic E-state index is 9.27. The first-order valence-corrected chi connectivity index (χ1v) is 6.95. The van der Waals surface area contributed by atoms with Crippen molar-refractivity contribution in [1.29, 1.82) is 0 Å². The lowest BCUT2D eigenvalue weighted by Gasteiger charge is -2.12. The first-order chi connectivity index (χ1) is 7.74. The second kappa shape index (κ2) is 5.75. The summed E-state index contributed by atoms with van der Waals surface area (Å²) >= 11 is 1.73. The first kappa shape index (κ1) is 12.0. The molecule has 0 spiro atoms. The molecule has 1 aliphatic heterocycles. The van der Waals surface area contributed by atoms with Crippen LogP contribution in [0.3, 0.4) is 0 Å². The van der Waals surface area contributed by atoms with E-state index in [1.165, 1.54) is 30.9 Å². The van der Waals surface area contributed by atoms with Crippen LogP contribution in [0.15, 0.2) is 5.38 Å². The molecule has 1 aromatic rings. The summed E-state index contributed by atoms with van der Waals surface area (Å²) in [4.78, 5) is 7.05. The Hall–Kier alpha value is -0.450. The molecule has 3 nitrogen and oxygen atoms in total. The SMILES string of the molecule is CC(O)Cc1csc(CCN2CCCC2)n1. The third-order valence-corrected chi connectivity index (χ3v) is 3.90. The molecule has 1 aromatic heterocycles. The fourth-order valence-electron chi connectivity index (χ4n) is 2.12. The maximum absolute atomic E-state index is 9.27. The van der Waals surface area contributed by atoms with Gasteiger partial charge in [-0.05, 0) is 32.9 Å². The van der Waals surface area contributed by atoms with Crippen LogP contribution in [0, 0.1) is 0 Å². The molecule has 4 heteroatoms. The van der Waals surface area contributed by atoms with Gasteiger partial charge in [0.15, 0.2) is 0 Å². The molecule has 0 bridgehead atoms. The van der Waals surface area contributed by atoms with Gasteiger partial charge in [-0.2, -0.15) is 0 Å². The Morgan fingerprint density at radius 1 is 1.50 bits per heavy atom. The van der Waals surface area contributed by atoms with Crippen molar-refractivity contribution >= 4 is 11.3 Å². The van der Waals surface area contributed by atoms with E-state index in [9.17, 15) is 5.11 Å². The smallest absolute Gasteiger partial charge is 0.0941 e. The Morgan fingerprint density at radius 3 is 2.94 bits per heavy atom. The minimum Gasteiger partial charge on any atom is -0.393 e. The molecule has 90 valence electrons. The monoisotopic (exact) mass is 240 g/mol. The topological polar surface area (TPSA) is 36.4 Å². The molecule has 0 aliphatic carbocycles. The van der Waals surface area contributed by atoms with Crippen molar-refractivity contribution in [2.45, 2.75) is 38.7 Å². The minimum absolute atomic E-state index is 0.284. The number of aliphatic hydroxyl groups is 1. The molecular formula is C12H20N2OS. The summed E-state index contributed by atoms with van der Waals surface area (Å²) in [5.41, 5.74) is 1.04. The van der Waals surface area contributed by atoms with Crippen LogP contribution in [0.25, 0.3) is 0 Å². The van der Waals surface area contributed by atoms with Gasteiger partial charge in [-0.15, -0.1) is 11.3 Å². The van der Waals surface area contributed by atoms with Crippen LogP contribution >= 0.6 is 11.3 Å². The number of nitrogens with zero attached hydrogens (tertiary/aromatic N) is 2. The van der Waals surface area contributed by atoms with Crippen LogP contribution in [0.1, 0.15) is 30.5 Å². The quantitative estimate of drug-likeness (QED) is 0.851. The van der Waals surface area contributed by atoms with Crippen molar-refractivity contribution < 1.29 is 5.11 Å². The largest absolute Gasteiger partial charge is 0.393 e. The van der Waals surface area contributed by atoms with Gasteiger partial charge in [0.2, 0.25) is 0 Å². The summed E-state index contributed by atoms with van der Waals surface area (Å²) in [6, 6.07) is 0. The molecule has 1 aliphatic rings. The minimum atomic E-state index is -0.284. The highest BCUT2D eigenvalue weighted by atomic mass is 32.1. The van der Waals surface area contributed by atoms with Gasteiger partial charge in [-0.3, -0.25) is 0 Å². The Morgan fingerprint density at radius 2 is 2.25 bits per heavy atom. The van der Waals surface area contributed by atoms with Gasteiger partial charge in [0.05, 0.1) is 16.8 Å². The first-order valence-electron chi connectivity index (χ1n) is 6.08. The van der Waals surface area contributed by atoms with Gasteiger partial charge < -0.3 is 10.0 Å². The summed E-state index contributed by atoms with van der Waals surface area (Å²) in [5.74, 6) is 0. The van der Waals surface area contributed by atoms with Crippen molar-refractivity contribution in [3.63, 3.8) is 0 Å². The molecule has 1 unspecified atom stereocenters. The van der Waals surface area contributed by atoms with Gasteiger partial charge in [-0.25, -0.2) is 4.98 Å². The zero-order valence-corrected chi connectivity index (χ0v) is 10.7. The van der Waals surface area contributed by atoms with E-state index in [1.54, 1.807) is 11.3 Å². The van der Waals surface area contributed by atoms with Crippen molar-refractivity contribution in [2.24, 2.45) is 0 Å². The number of likely N-dealkylation sites (tertiary alicyclic amines) is 1. The lowest BCUT2D eigenvalue weighted by atomic mass is 10.2.